The van der Waals surface area contributed by atoms with Crippen molar-refractivity contribution in [1.82, 2.24) is 5.43 Å². The van der Waals surface area contributed by atoms with Crippen molar-refractivity contribution < 1.29 is 9.21 Å². The van der Waals surface area contributed by atoms with Gasteiger partial charge in [-0.15, -0.1) is 11.3 Å². The molecule has 0 atom stereocenters. The van der Waals surface area contributed by atoms with Gasteiger partial charge in [-0.3, -0.25) is 4.79 Å². The molecule has 2 aromatic heterocycles. The van der Waals surface area contributed by atoms with Crippen LogP contribution in [0.5, 0.6) is 0 Å². The predicted octanol–water partition coefficient (Wildman–Crippen LogP) is 2.42. The maximum absolute atomic E-state index is 11.5. The van der Waals surface area contributed by atoms with Gasteiger partial charge < -0.3 is 4.42 Å². The zero-order valence-corrected chi connectivity index (χ0v) is 10.2. The molecule has 0 radical (unpaired) electrons. The number of amides is 1. The zero-order valence-electron chi connectivity index (χ0n) is 9.34. The Labute approximate surface area is 103 Å². The number of nitrogens with one attached hydrogen (secondary N) is 1. The summed E-state index contributed by atoms with van der Waals surface area (Å²) in [6, 6.07) is 7.42. The Bertz CT molecular complexity index is 501. The topological polar surface area (TPSA) is 54.6 Å². The summed E-state index contributed by atoms with van der Waals surface area (Å²) in [6.07, 6.45) is 1.93. The minimum atomic E-state index is -0.127. The van der Waals surface area contributed by atoms with Crippen LogP contribution >= 0.6 is 11.3 Å². The monoisotopic (exact) mass is 248 g/mol. The van der Waals surface area contributed by atoms with E-state index in [1.54, 1.807) is 36.7 Å². The van der Waals surface area contributed by atoms with E-state index in [9.17, 15) is 4.79 Å². The second-order valence-electron chi connectivity index (χ2n) is 3.47. The van der Waals surface area contributed by atoms with E-state index >= 15 is 0 Å². The summed E-state index contributed by atoms with van der Waals surface area (Å²) in [5, 5.41) is 5.92. The van der Waals surface area contributed by atoms with Crippen LogP contribution in [0.25, 0.3) is 0 Å². The van der Waals surface area contributed by atoms with Crippen LogP contribution in [0.4, 0.5) is 0 Å². The summed E-state index contributed by atoms with van der Waals surface area (Å²) in [5.41, 5.74) is 3.15. The molecule has 1 N–H and O–H groups in total. The molecule has 88 valence electrons. The molecule has 0 bridgehead atoms. The van der Waals surface area contributed by atoms with Gasteiger partial charge in [-0.25, -0.2) is 5.43 Å². The molecule has 0 saturated carbocycles. The number of furan rings is 1. The van der Waals surface area contributed by atoms with Crippen LogP contribution in [-0.2, 0) is 11.2 Å². The van der Waals surface area contributed by atoms with E-state index in [4.69, 9.17) is 4.42 Å². The summed E-state index contributed by atoms with van der Waals surface area (Å²) >= 11 is 1.56. The molecule has 0 unspecified atom stereocenters. The lowest BCUT2D eigenvalue weighted by atomic mass is 10.3. The molecule has 0 saturated heterocycles. The third kappa shape index (κ3) is 3.29. The van der Waals surface area contributed by atoms with E-state index in [-0.39, 0.29) is 5.91 Å². The normalized spacial score (nSPS) is 11.5. The molecule has 0 aromatic carbocycles. The molecule has 0 spiro atoms. The van der Waals surface area contributed by atoms with Gasteiger partial charge >= 0.3 is 0 Å². The van der Waals surface area contributed by atoms with E-state index in [2.05, 4.69) is 10.5 Å². The van der Waals surface area contributed by atoms with Crippen LogP contribution in [0.3, 0.4) is 0 Å². The Morgan fingerprint density at radius 1 is 1.47 bits per heavy atom. The number of hydrogen-bond donors (Lipinski definition) is 1. The molecule has 0 fully saturated rings. The molecule has 17 heavy (non-hydrogen) atoms. The first-order chi connectivity index (χ1) is 8.25. The van der Waals surface area contributed by atoms with Crippen molar-refractivity contribution in [2.45, 2.75) is 13.3 Å². The van der Waals surface area contributed by atoms with E-state index in [0.29, 0.717) is 17.9 Å². The Morgan fingerprint density at radius 2 is 2.35 bits per heavy atom. The van der Waals surface area contributed by atoms with Gasteiger partial charge in [0, 0.05) is 4.88 Å². The lowest BCUT2D eigenvalue weighted by Crippen LogP contribution is -2.20. The number of hydrogen-bond acceptors (Lipinski definition) is 4. The summed E-state index contributed by atoms with van der Waals surface area (Å²) in [4.78, 5) is 12.6. The maximum Gasteiger partial charge on any atom is 0.245 e. The van der Waals surface area contributed by atoms with E-state index in [1.807, 2.05) is 17.5 Å². The quantitative estimate of drug-likeness (QED) is 0.667. The molecule has 0 aliphatic rings. The zero-order chi connectivity index (χ0) is 12.1. The highest BCUT2D eigenvalue weighted by atomic mass is 32.1. The first-order valence-electron chi connectivity index (χ1n) is 5.15. The number of hydrazone groups is 1. The van der Waals surface area contributed by atoms with Crippen molar-refractivity contribution in [3.63, 3.8) is 0 Å². The van der Waals surface area contributed by atoms with Crippen molar-refractivity contribution in [3.05, 3.63) is 46.5 Å². The lowest BCUT2D eigenvalue weighted by molar-refractivity contribution is -0.120. The number of carbonyl (C=O) groups is 1. The molecule has 0 aliphatic heterocycles. The molecule has 1 amide bonds. The Hall–Kier alpha value is -1.88. The average molecular weight is 248 g/mol. The maximum atomic E-state index is 11.5. The van der Waals surface area contributed by atoms with Gasteiger partial charge in [0.05, 0.1) is 12.7 Å². The third-order valence-corrected chi connectivity index (χ3v) is 3.02. The molecular formula is C12H12N2O2S. The fourth-order valence-electron chi connectivity index (χ4n) is 1.30. The predicted molar refractivity (Wildman–Crippen MR) is 67.1 cm³/mol. The summed E-state index contributed by atoms with van der Waals surface area (Å²) < 4.78 is 5.15. The summed E-state index contributed by atoms with van der Waals surface area (Å²) in [6.45, 7) is 1.78. The molecule has 2 aromatic rings. The Kier molecular flexibility index (Phi) is 3.72. The van der Waals surface area contributed by atoms with Crippen molar-refractivity contribution in [2.75, 3.05) is 0 Å². The number of rotatable bonds is 4. The smallest absolute Gasteiger partial charge is 0.245 e. The number of nitrogens with zero attached hydrogens (tertiary/aromatic N) is 1. The van der Waals surface area contributed by atoms with Crippen LogP contribution in [0.2, 0.25) is 0 Å². The average Bonchev–Trinajstić information content (AvgIpc) is 2.97. The fraction of sp³-hybridized carbons (Fsp3) is 0.167. The highest BCUT2D eigenvalue weighted by Gasteiger charge is 2.04. The van der Waals surface area contributed by atoms with Gasteiger partial charge in [-0.1, -0.05) is 6.07 Å². The second-order valence-corrected chi connectivity index (χ2v) is 4.50. The van der Waals surface area contributed by atoms with Crippen LogP contribution in [0.1, 0.15) is 17.6 Å². The minimum Gasteiger partial charge on any atom is -0.463 e. The second kappa shape index (κ2) is 5.45. The first-order valence-corrected chi connectivity index (χ1v) is 6.03. The Balaban J connectivity index is 1.89. The van der Waals surface area contributed by atoms with Crippen molar-refractivity contribution in [2.24, 2.45) is 5.10 Å². The van der Waals surface area contributed by atoms with Crippen molar-refractivity contribution in [3.8, 4) is 0 Å². The van der Waals surface area contributed by atoms with Crippen molar-refractivity contribution in [1.29, 1.82) is 0 Å². The number of thiophene rings is 1. The van der Waals surface area contributed by atoms with E-state index in [1.165, 1.54) is 0 Å². The Morgan fingerprint density at radius 3 is 3.00 bits per heavy atom. The van der Waals surface area contributed by atoms with Crippen LogP contribution in [0, 0.1) is 0 Å². The molecule has 2 heterocycles. The van der Waals surface area contributed by atoms with Gasteiger partial charge in [-0.2, -0.15) is 5.10 Å². The largest absolute Gasteiger partial charge is 0.463 e. The van der Waals surface area contributed by atoms with E-state index in [0.717, 1.165) is 4.88 Å². The molecule has 2 rings (SSSR count). The molecule has 4 nitrogen and oxygen atoms in total. The minimum absolute atomic E-state index is 0.127. The van der Waals surface area contributed by atoms with Gasteiger partial charge in [0.2, 0.25) is 5.91 Å². The highest BCUT2D eigenvalue weighted by molar-refractivity contribution is 7.10. The summed E-state index contributed by atoms with van der Waals surface area (Å²) in [7, 11) is 0. The fourth-order valence-corrected chi connectivity index (χ4v) is 2.00. The van der Waals surface area contributed by atoms with Gasteiger partial charge in [0.1, 0.15) is 11.5 Å². The van der Waals surface area contributed by atoms with Crippen LogP contribution in [-0.4, -0.2) is 11.6 Å². The van der Waals surface area contributed by atoms with E-state index < -0.39 is 0 Å². The van der Waals surface area contributed by atoms with Crippen molar-refractivity contribution >= 4 is 23.0 Å². The molecule has 0 aliphatic carbocycles. The summed E-state index contributed by atoms with van der Waals surface area (Å²) in [5.74, 6) is 0.528. The van der Waals surface area contributed by atoms with Gasteiger partial charge in [0.15, 0.2) is 0 Å². The van der Waals surface area contributed by atoms with Gasteiger partial charge in [0.25, 0.3) is 0 Å². The first kappa shape index (κ1) is 11.6. The molecule has 5 heteroatoms. The molecular weight excluding hydrogens is 236 g/mol. The van der Waals surface area contributed by atoms with Crippen LogP contribution in [0.15, 0.2) is 45.4 Å². The SMILES string of the molecule is CC(=NNC(=O)Cc1cccs1)c1ccco1. The number of carbonyl (C=O) groups excluding carboxylic acids is 1. The van der Waals surface area contributed by atoms with Crippen LogP contribution < -0.4 is 5.43 Å². The lowest BCUT2D eigenvalue weighted by Gasteiger charge is -1.99. The van der Waals surface area contributed by atoms with Gasteiger partial charge in [-0.05, 0) is 30.5 Å². The third-order valence-electron chi connectivity index (χ3n) is 2.14. The highest BCUT2D eigenvalue weighted by Crippen LogP contribution is 2.08. The standard InChI is InChI=1S/C12H12N2O2S/c1-9(11-5-2-6-16-11)13-14-12(15)8-10-4-3-7-17-10/h2-7H,8H2,1H3,(H,14,15).